The molecule has 3 heteroatoms. The van der Waals surface area contributed by atoms with Crippen molar-refractivity contribution in [3.63, 3.8) is 0 Å². The Morgan fingerprint density at radius 2 is 2.15 bits per heavy atom. The van der Waals surface area contributed by atoms with Crippen LogP contribution in [-0.2, 0) is 13.1 Å². The summed E-state index contributed by atoms with van der Waals surface area (Å²) in [6.07, 6.45) is 4.57. The van der Waals surface area contributed by atoms with E-state index < -0.39 is 0 Å². The molecule has 0 spiro atoms. The molecular formula is C17H30N2O. The van der Waals surface area contributed by atoms with E-state index in [9.17, 15) is 0 Å². The summed E-state index contributed by atoms with van der Waals surface area (Å²) in [5.41, 5.74) is 1.26. The summed E-state index contributed by atoms with van der Waals surface area (Å²) in [6, 6.07) is 2.89. The first-order valence-corrected chi connectivity index (χ1v) is 8.05. The molecule has 2 rings (SSSR count). The van der Waals surface area contributed by atoms with Crippen molar-refractivity contribution < 1.29 is 4.42 Å². The molecular weight excluding hydrogens is 248 g/mol. The molecule has 1 saturated heterocycles. The molecule has 1 aliphatic rings. The lowest BCUT2D eigenvalue weighted by molar-refractivity contribution is 0.109. The first-order valence-electron chi connectivity index (χ1n) is 8.05. The molecule has 1 N–H and O–H groups in total. The zero-order chi connectivity index (χ0) is 14.5. The molecule has 1 aromatic heterocycles. The highest BCUT2D eigenvalue weighted by Crippen LogP contribution is 2.23. The van der Waals surface area contributed by atoms with E-state index in [0.717, 1.165) is 31.3 Å². The van der Waals surface area contributed by atoms with Crippen LogP contribution in [0.15, 0.2) is 16.7 Å². The van der Waals surface area contributed by atoms with Gasteiger partial charge in [0.05, 0.1) is 12.8 Å². The Morgan fingerprint density at radius 3 is 2.90 bits per heavy atom. The second-order valence-electron chi connectivity index (χ2n) is 6.91. The van der Waals surface area contributed by atoms with Crippen LogP contribution in [0.3, 0.4) is 0 Å². The Hall–Kier alpha value is -0.800. The van der Waals surface area contributed by atoms with Crippen LogP contribution in [-0.4, -0.2) is 24.0 Å². The fourth-order valence-electron chi connectivity index (χ4n) is 2.91. The summed E-state index contributed by atoms with van der Waals surface area (Å²) in [5.74, 6) is 2.61. The molecule has 0 aromatic carbocycles. The third-order valence-corrected chi connectivity index (χ3v) is 4.20. The Balaban J connectivity index is 1.82. The van der Waals surface area contributed by atoms with Gasteiger partial charge in [-0.15, -0.1) is 0 Å². The second kappa shape index (κ2) is 7.28. The molecule has 1 aromatic rings. The van der Waals surface area contributed by atoms with Crippen LogP contribution in [0.2, 0.25) is 0 Å². The van der Waals surface area contributed by atoms with Crippen LogP contribution in [0.1, 0.15) is 51.9 Å². The molecule has 114 valence electrons. The lowest BCUT2D eigenvalue weighted by Gasteiger charge is -2.36. The fourth-order valence-corrected chi connectivity index (χ4v) is 2.91. The number of rotatable bonds is 6. The molecule has 20 heavy (non-hydrogen) atoms. The summed E-state index contributed by atoms with van der Waals surface area (Å²) < 4.78 is 5.73. The predicted octanol–water partition coefficient (Wildman–Crippen LogP) is 3.65. The van der Waals surface area contributed by atoms with Gasteiger partial charge in [0.1, 0.15) is 5.76 Å². The molecule has 3 nitrogen and oxygen atoms in total. The number of nitrogens with zero attached hydrogens (tertiary/aromatic N) is 1. The van der Waals surface area contributed by atoms with E-state index >= 15 is 0 Å². The van der Waals surface area contributed by atoms with E-state index in [1.165, 1.54) is 24.9 Å². The van der Waals surface area contributed by atoms with Crippen molar-refractivity contribution >= 4 is 0 Å². The molecule has 0 radical (unpaired) electrons. The van der Waals surface area contributed by atoms with Gasteiger partial charge in [0, 0.05) is 24.7 Å². The van der Waals surface area contributed by atoms with E-state index in [0.29, 0.717) is 12.0 Å². The highest BCUT2D eigenvalue weighted by atomic mass is 16.3. The highest BCUT2D eigenvalue weighted by Gasteiger charge is 2.23. The van der Waals surface area contributed by atoms with Crippen LogP contribution in [0.5, 0.6) is 0 Å². The Bertz CT molecular complexity index is 399. The number of piperidine rings is 1. The smallest absolute Gasteiger partial charge is 0.118 e. The molecule has 0 saturated carbocycles. The van der Waals surface area contributed by atoms with Gasteiger partial charge in [-0.2, -0.15) is 0 Å². The zero-order valence-electron chi connectivity index (χ0n) is 13.5. The summed E-state index contributed by atoms with van der Waals surface area (Å²) in [5, 5.41) is 3.46. The van der Waals surface area contributed by atoms with Gasteiger partial charge in [-0.05, 0) is 44.2 Å². The predicted molar refractivity (Wildman–Crippen MR) is 83.5 cm³/mol. The van der Waals surface area contributed by atoms with Gasteiger partial charge in [0.2, 0.25) is 0 Å². The second-order valence-corrected chi connectivity index (χ2v) is 6.91. The van der Waals surface area contributed by atoms with Gasteiger partial charge in [-0.25, -0.2) is 0 Å². The Kier molecular flexibility index (Phi) is 5.67. The van der Waals surface area contributed by atoms with Gasteiger partial charge in [-0.3, -0.25) is 4.90 Å². The minimum Gasteiger partial charge on any atom is -0.468 e. The fraction of sp³-hybridized carbons (Fsp3) is 0.765. The maximum atomic E-state index is 5.73. The largest absolute Gasteiger partial charge is 0.468 e. The van der Waals surface area contributed by atoms with Crippen molar-refractivity contribution in [1.82, 2.24) is 10.2 Å². The minimum atomic E-state index is 0.679. The molecule has 1 fully saturated rings. The molecule has 0 amide bonds. The Morgan fingerprint density at radius 1 is 1.35 bits per heavy atom. The lowest BCUT2D eigenvalue weighted by Crippen LogP contribution is -2.40. The van der Waals surface area contributed by atoms with E-state index in [2.05, 4.69) is 44.0 Å². The topological polar surface area (TPSA) is 28.4 Å². The lowest BCUT2D eigenvalue weighted by atomic mass is 9.95. The zero-order valence-corrected chi connectivity index (χ0v) is 13.5. The van der Waals surface area contributed by atoms with Crippen LogP contribution < -0.4 is 5.32 Å². The molecule has 2 atom stereocenters. The molecule has 0 aliphatic carbocycles. The van der Waals surface area contributed by atoms with E-state index in [1.807, 2.05) is 6.26 Å². The number of hydrogen-bond donors (Lipinski definition) is 1. The number of nitrogens with one attached hydrogen (secondary N) is 1. The van der Waals surface area contributed by atoms with E-state index in [-0.39, 0.29) is 0 Å². The molecule has 2 heterocycles. The summed E-state index contributed by atoms with van der Waals surface area (Å²) >= 11 is 0. The van der Waals surface area contributed by atoms with Crippen LogP contribution >= 0.6 is 0 Å². The quantitative estimate of drug-likeness (QED) is 0.861. The minimum absolute atomic E-state index is 0.679. The Labute approximate surface area is 123 Å². The van der Waals surface area contributed by atoms with Crippen molar-refractivity contribution in [2.24, 2.45) is 11.8 Å². The van der Waals surface area contributed by atoms with Crippen molar-refractivity contribution in [3.8, 4) is 0 Å². The van der Waals surface area contributed by atoms with Crippen molar-refractivity contribution in [2.45, 2.75) is 59.7 Å². The SMILES string of the molecule is CC(C)CNCc1coc(CN2CC(C)CCC2C)c1. The number of hydrogen-bond acceptors (Lipinski definition) is 3. The van der Waals surface area contributed by atoms with Crippen LogP contribution in [0, 0.1) is 11.8 Å². The standard InChI is InChI=1S/C17H30N2O/c1-13(2)8-18-9-16-7-17(20-12-16)11-19-10-14(3)5-6-15(19)4/h7,12-15,18H,5-6,8-11H2,1-4H3. The molecule has 2 unspecified atom stereocenters. The van der Waals surface area contributed by atoms with Crippen molar-refractivity contribution in [2.75, 3.05) is 13.1 Å². The third-order valence-electron chi connectivity index (χ3n) is 4.20. The monoisotopic (exact) mass is 278 g/mol. The summed E-state index contributed by atoms with van der Waals surface area (Å²) in [4.78, 5) is 2.55. The van der Waals surface area contributed by atoms with Gasteiger partial charge < -0.3 is 9.73 Å². The van der Waals surface area contributed by atoms with Crippen molar-refractivity contribution in [1.29, 1.82) is 0 Å². The van der Waals surface area contributed by atoms with Gasteiger partial charge in [0.25, 0.3) is 0 Å². The molecule has 1 aliphatic heterocycles. The normalized spacial score (nSPS) is 24.4. The van der Waals surface area contributed by atoms with Gasteiger partial charge in [0.15, 0.2) is 0 Å². The number of likely N-dealkylation sites (tertiary alicyclic amines) is 1. The molecule has 0 bridgehead atoms. The van der Waals surface area contributed by atoms with Crippen molar-refractivity contribution in [3.05, 3.63) is 23.7 Å². The summed E-state index contributed by atoms with van der Waals surface area (Å²) in [7, 11) is 0. The maximum Gasteiger partial charge on any atom is 0.118 e. The maximum absolute atomic E-state index is 5.73. The summed E-state index contributed by atoms with van der Waals surface area (Å²) in [6.45, 7) is 13.3. The first-order chi connectivity index (χ1) is 9.54. The van der Waals surface area contributed by atoms with Gasteiger partial charge >= 0.3 is 0 Å². The highest BCUT2D eigenvalue weighted by molar-refractivity contribution is 5.12. The van der Waals surface area contributed by atoms with E-state index in [1.54, 1.807) is 0 Å². The third kappa shape index (κ3) is 4.64. The first kappa shape index (κ1) is 15.6. The van der Waals surface area contributed by atoms with Crippen LogP contribution in [0.25, 0.3) is 0 Å². The average molecular weight is 278 g/mol. The average Bonchev–Trinajstić information content (AvgIpc) is 2.81. The van der Waals surface area contributed by atoms with Gasteiger partial charge in [-0.1, -0.05) is 20.8 Å². The van der Waals surface area contributed by atoms with E-state index in [4.69, 9.17) is 4.42 Å². The number of furan rings is 1. The van der Waals surface area contributed by atoms with Crippen LogP contribution in [0.4, 0.5) is 0 Å².